The molecule has 1 saturated heterocycles. The molecule has 1 heterocycles. The molecule has 0 amide bonds. The van der Waals surface area contributed by atoms with E-state index in [4.69, 9.17) is 4.74 Å². The van der Waals surface area contributed by atoms with E-state index in [0.29, 0.717) is 6.10 Å². The van der Waals surface area contributed by atoms with Crippen molar-refractivity contribution in [2.24, 2.45) is 5.92 Å². The predicted molar refractivity (Wildman–Crippen MR) is 72.2 cm³/mol. The summed E-state index contributed by atoms with van der Waals surface area (Å²) in [6.45, 7) is 4.43. The summed E-state index contributed by atoms with van der Waals surface area (Å²) >= 11 is 0. The summed E-state index contributed by atoms with van der Waals surface area (Å²) in [5.74, 6) is 0.923. The number of ether oxygens (including phenoxy) is 1. The maximum atomic E-state index is 5.91. The number of hydrogen-bond donors (Lipinski definition) is 1. The van der Waals surface area contributed by atoms with E-state index in [1.165, 1.54) is 64.3 Å². The topological polar surface area (TPSA) is 21.3 Å². The molecule has 2 rings (SSSR count). The van der Waals surface area contributed by atoms with Crippen LogP contribution in [0.4, 0.5) is 0 Å². The lowest BCUT2D eigenvalue weighted by Crippen LogP contribution is -2.39. The Bertz CT molecular complexity index is 195. The Morgan fingerprint density at radius 1 is 1.12 bits per heavy atom. The van der Waals surface area contributed by atoms with Crippen LogP contribution in [0, 0.1) is 5.92 Å². The third-order valence-corrected chi connectivity index (χ3v) is 4.42. The molecule has 17 heavy (non-hydrogen) atoms. The van der Waals surface area contributed by atoms with Gasteiger partial charge in [-0.1, -0.05) is 19.8 Å². The van der Waals surface area contributed by atoms with Gasteiger partial charge in [-0.3, -0.25) is 0 Å². The number of hydrogen-bond acceptors (Lipinski definition) is 2. The molecule has 0 aromatic heterocycles. The second-order valence-electron chi connectivity index (χ2n) is 5.83. The molecular formula is C15H29NO. The van der Waals surface area contributed by atoms with Crippen molar-refractivity contribution in [3.05, 3.63) is 0 Å². The highest BCUT2D eigenvalue weighted by Crippen LogP contribution is 2.31. The van der Waals surface area contributed by atoms with E-state index < -0.39 is 0 Å². The van der Waals surface area contributed by atoms with E-state index in [1.807, 2.05) is 0 Å². The van der Waals surface area contributed by atoms with E-state index in [1.54, 1.807) is 0 Å². The predicted octanol–water partition coefficient (Wildman–Crippen LogP) is 3.50. The van der Waals surface area contributed by atoms with Gasteiger partial charge in [0.2, 0.25) is 0 Å². The Morgan fingerprint density at radius 2 is 1.88 bits per heavy atom. The van der Waals surface area contributed by atoms with E-state index in [2.05, 4.69) is 12.2 Å². The van der Waals surface area contributed by atoms with Crippen LogP contribution >= 0.6 is 0 Å². The average molecular weight is 239 g/mol. The van der Waals surface area contributed by atoms with Gasteiger partial charge in [0.25, 0.3) is 0 Å². The lowest BCUT2D eigenvalue weighted by Gasteiger charge is -2.31. The fourth-order valence-corrected chi connectivity index (χ4v) is 3.41. The average Bonchev–Trinajstić information content (AvgIpc) is 2.89. The molecule has 2 aliphatic rings. The van der Waals surface area contributed by atoms with Crippen LogP contribution in [0.25, 0.3) is 0 Å². The standard InChI is InChI=1S/C15H29NO/c1-2-10-16-15(13-7-3-4-8-13)12-14-9-5-6-11-17-14/h13-16H,2-12H2,1H3. The molecule has 2 fully saturated rings. The molecule has 2 unspecified atom stereocenters. The van der Waals surface area contributed by atoms with Crippen molar-refractivity contribution in [3.8, 4) is 0 Å². The van der Waals surface area contributed by atoms with Gasteiger partial charge < -0.3 is 10.1 Å². The second kappa shape index (κ2) is 7.38. The molecule has 0 radical (unpaired) electrons. The number of nitrogens with one attached hydrogen (secondary N) is 1. The summed E-state index contributed by atoms with van der Waals surface area (Å²) in [6, 6.07) is 0.723. The van der Waals surface area contributed by atoms with Gasteiger partial charge in [0, 0.05) is 12.6 Å². The van der Waals surface area contributed by atoms with Crippen molar-refractivity contribution < 1.29 is 4.74 Å². The molecule has 0 bridgehead atoms. The molecule has 1 saturated carbocycles. The van der Waals surface area contributed by atoms with Crippen molar-refractivity contribution in [1.29, 1.82) is 0 Å². The first-order valence-corrected chi connectivity index (χ1v) is 7.75. The van der Waals surface area contributed by atoms with Gasteiger partial charge in [-0.2, -0.15) is 0 Å². The summed E-state index contributed by atoms with van der Waals surface area (Å²) in [5.41, 5.74) is 0. The number of rotatable bonds is 6. The Hall–Kier alpha value is -0.0800. The first-order valence-electron chi connectivity index (χ1n) is 7.75. The van der Waals surface area contributed by atoms with Crippen molar-refractivity contribution in [1.82, 2.24) is 5.32 Å². The minimum Gasteiger partial charge on any atom is -0.378 e. The van der Waals surface area contributed by atoms with Crippen molar-refractivity contribution in [2.45, 2.75) is 76.9 Å². The van der Waals surface area contributed by atoms with Gasteiger partial charge in [0.05, 0.1) is 6.10 Å². The maximum Gasteiger partial charge on any atom is 0.0590 e. The smallest absolute Gasteiger partial charge is 0.0590 e. The minimum absolute atomic E-state index is 0.540. The summed E-state index contributed by atoms with van der Waals surface area (Å²) in [5, 5.41) is 3.78. The van der Waals surface area contributed by atoms with Gasteiger partial charge in [-0.15, -0.1) is 0 Å². The van der Waals surface area contributed by atoms with E-state index >= 15 is 0 Å². The highest BCUT2D eigenvalue weighted by atomic mass is 16.5. The van der Waals surface area contributed by atoms with Crippen LogP contribution in [0.3, 0.4) is 0 Å². The Labute approximate surface area is 107 Å². The van der Waals surface area contributed by atoms with Gasteiger partial charge in [-0.25, -0.2) is 0 Å². The van der Waals surface area contributed by atoms with Crippen LogP contribution in [0.15, 0.2) is 0 Å². The Kier molecular flexibility index (Phi) is 5.79. The highest BCUT2D eigenvalue weighted by molar-refractivity contribution is 4.83. The summed E-state index contributed by atoms with van der Waals surface area (Å²) in [4.78, 5) is 0. The molecule has 2 heteroatoms. The van der Waals surface area contributed by atoms with Gasteiger partial charge >= 0.3 is 0 Å². The van der Waals surface area contributed by atoms with Gasteiger partial charge in [0.15, 0.2) is 0 Å². The molecule has 1 N–H and O–H groups in total. The first-order chi connectivity index (χ1) is 8.40. The van der Waals surface area contributed by atoms with Crippen LogP contribution in [0.1, 0.15) is 64.7 Å². The zero-order valence-electron chi connectivity index (χ0n) is 11.4. The Balaban J connectivity index is 1.80. The lowest BCUT2D eigenvalue weighted by atomic mass is 9.91. The van der Waals surface area contributed by atoms with Crippen molar-refractivity contribution in [3.63, 3.8) is 0 Å². The third-order valence-electron chi connectivity index (χ3n) is 4.42. The normalized spacial score (nSPS) is 28.4. The molecule has 100 valence electrons. The maximum absolute atomic E-state index is 5.91. The minimum atomic E-state index is 0.540. The molecule has 2 atom stereocenters. The third kappa shape index (κ3) is 4.26. The molecule has 2 nitrogen and oxygen atoms in total. The van der Waals surface area contributed by atoms with Crippen LogP contribution in [-0.2, 0) is 4.74 Å². The highest BCUT2D eigenvalue weighted by Gasteiger charge is 2.27. The van der Waals surface area contributed by atoms with E-state index in [-0.39, 0.29) is 0 Å². The first kappa shape index (κ1) is 13.4. The summed E-state index contributed by atoms with van der Waals surface area (Å²) < 4.78 is 5.91. The quantitative estimate of drug-likeness (QED) is 0.766. The van der Waals surface area contributed by atoms with E-state index in [9.17, 15) is 0 Å². The zero-order valence-corrected chi connectivity index (χ0v) is 11.4. The van der Waals surface area contributed by atoms with Crippen LogP contribution in [0.2, 0.25) is 0 Å². The van der Waals surface area contributed by atoms with Crippen molar-refractivity contribution >= 4 is 0 Å². The monoisotopic (exact) mass is 239 g/mol. The zero-order chi connectivity index (χ0) is 11.9. The SMILES string of the molecule is CCCNC(CC1CCCCO1)C1CCCC1. The van der Waals surface area contributed by atoms with Crippen molar-refractivity contribution in [2.75, 3.05) is 13.2 Å². The fourth-order valence-electron chi connectivity index (χ4n) is 3.41. The summed E-state index contributed by atoms with van der Waals surface area (Å²) in [6.07, 6.45) is 12.7. The Morgan fingerprint density at radius 3 is 2.53 bits per heavy atom. The largest absolute Gasteiger partial charge is 0.378 e. The molecular weight excluding hydrogens is 210 g/mol. The molecule has 0 spiro atoms. The molecule has 0 aromatic rings. The van der Waals surface area contributed by atoms with Crippen LogP contribution in [0.5, 0.6) is 0 Å². The second-order valence-corrected chi connectivity index (χ2v) is 5.83. The molecule has 1 aliphatic carbocycles. The molecule has 1 aliphatic heterocycles. The van der Waals surface area contributed by atoms with Gasteiger partial charge in [0.1, 0.15) is 0 Å². The summed E-state index contributed by atoms with van der Waals surface area (Å²) in [7, 11) is 0. The lowest BCUT2D eigenvalue weighted by molar-refractivity contribution is 0.00128. The van der Waals surface area contributed by atoms with Crippen LogP contribution < -0.4 is 5.32 Å². The van der Waals surface area contributed by atoms with Gasteiger partial charge in [-0.05, 0) is 57.4 Å². The van der Waals surface area contributed by atoms with Crippen LogP contribution in [-0.4, -0.2) is 25.3 Å². The fraction of sp³-hybridized carbons (Fsp3) is 1.00. The van der Waals surface area contributed by atoms with E-state index in [0.717, 1.165) is 18.6 Å². The molecule has 0 aromatic carbocycles.